The summed E-state index contributed by atoms with van der Waals surface area (Å²) in [5, 5.41) is 21.4. The third-order valence-electron chi connectivity index (χ3n) is 3.33. The lowest BCUT2D eigenvalue weighted by molar-refractivity contribution is -0.385. The van der Waals surface area contributed by atoms with Gasteiger partial charge in [-0.3, -0.25) is 28.6 Å². The summed E-state index contributed by atoms with van der Waals surface area (Å²) >= 11 is 0. The maximum Gasteiger partial charge on any atom is 0.298 e. The molecular formula is C16H12N2O10S2. The Kier molecular flexibility index (Phi) is 7.19. The van der Waals surface area contributed by atoms with E-state index in [1.54, 1.807) is 0 Å². The summed E-state index contributed by atoms with van der Waals surface area (Å²) in [6.07, 6.45) is 0. The first-order valence-corrected chi connectivity index (χ1v) is 10.6. The van der Waals surface area contributed by atoms with Gasteiger partial charge < -0.3 is 0 Å². The van der Waals surface area contributed by atoms with Gasteiger partial charge in [0, 0.05) is 24.3 Å². The molecule has 30 heavy (non-hydrogen) atoms. The Morgan fingerprint density at radius 3 is 1.43 bits per heavy atom. The molecule has 0 spiro atoms. The third-order valence-corrected chi connectivity index (χ3v) is 5.85. The summed E-state index contributed by atoms with van der Waals surface area (Å²) in [5.41, 5.74) is -0.879. The Hall–Kier alpha value is -3.38. The van der Waals surface area contributed by atoms with Crippen LogP contribution in [0.1, 0.15) is 0 Å². The van der Waals surface area contributed by atoms with Crippen LogP contribution >= 0.6 is 0 Å². The number of hydrogen-bond donors (Lipinski definition) is 0. The van der Waals surface area contributed by atoms with E-state index < -0.39 is 64.5 Å². The normalized spacial score (nSPS) is 11.3. The molecule has 0 heterocycles. The van der Waals surface area contributed by atoms with Gasteiger partial charge in [-0.05, 0) is 12.1 Å². The molecule has 0 saturated carbocycles. The topological polar surface area (TPSA) is 173 Å². The summed E-state index contributed by atoms with van der Waals surface area (Å²) in [6.45, 7) is -1.32. The molecule has 14 heteroatoms. The Morgan fingerprint density at radius 1 is 0.733 bits per heavy atom. The van der Waals surface area contributed by atoms with Gasteiger partial charge in [-0.25, -0.2) is 0 Å². The van der Waals surface area contributed by atoms with Crippen molar-refractivity contribution in [2.75, 3.05) is 13.2 Å². The Balaban J connectivity index is 1.95. The van der Waals surface area contributed by atoms with Crippen molar-refractivity contribution in [1.29, 1.82) is 0 Å². The van der Waals surface area contributed by atoms with Crippen molar-refractivity contribution in [3.8, 4) is 11.8 Å². The fourth-order valence-corrected chi connectivity index (χ4v) is 3.68. The first kappa shape index (κ1) is 22.9. The smallest absolute Gasteiger partial charge is 0.258 e. The first-order chi connectivity index (χ1) is 14.0. The van der Waals surface area contributed by atoms with Crippen molar-refractivity contribution in [2.45, 2.75) is 9.79 Å². The van der Waals surface area contributed by atoms with E-state index in [1.165, 1.54) is 12.1 Å². The van der Waals surface area contributed by atoms with Crippen molar-refractivity contribution in [2.24, 2.45) is 0 Å². The lowest BCUT2D eigenvalue weighted by Gasteiger charge is -2.03. The number of nitro benzene ring substituents is 2. The number of nitro groups is 2. The Labute approximate surface area is 170 Å². The molecule has 0 N–H and O–H groups in total. The predicted molar refractivity (Wildman–Crippen MR) is 100 cm³/mol. The third kappa shape index (κ3) is 6.06. The van der Waals surface area contributed by atoms with Crippen LogP contribution in [0.15, 0.2) is 58.3 Å². The molecule has 2 rings (SSSR count). The van der Waals surface area contributed by atoms with Crippen LogP contribution in [0.25, 0.3) is 0 Å². The van der Waals surface area contributed by atoms with Crippen molar-refractivity contribution < 1.29 is 35.0 Å². The molecule has 0 aliphatic carbocycles. The minimum absolute atomic E-state index is 0.439. The lowest BCUT2D eigenvalue weighted by atomic mass is 10.3. The van der Waals surface area contributed by atoms with Gasteiger partial charge in [0.25, 0.3) is 31.6 Å². The van der Waals surface area contributed by atoms with Gasteiger partial charge in [-0.15, -0.1) is 0 Å². The highest BCUT2D eigenvalue weighted by Crippen LogP contribution is 2.20. The second-order valence-electron chi connectivity index (χ2n) is 5.30. The quantitative estimate of drug-likeness (QED) is 0.246. The molecule has 0 radical (unpaired) electrons. The summed E-state index contributed by atoms with van der Waals surface area (Å²) in [6, 6.07) is 8.40. The molecule has 0 aromatic heterocycles. The van der Waals surface area contributed by atoms with Crippen molar-refractivity contribution in [1.82, 2.24) is 0 Å². The SMILES string of the molecule is O=[N+]([O-])c1cccc(S(=O)(=O)OCC#CCOS(=O)(=O)c2cccc([N+](=O)[O-])c2)c1. The number of hydrogen-bond acceptors (Lipinski definition) is 10. The van der Waals surface area contributed by atoms with Gasteiger partial charge in [-0.2, -0.15) is 16.8 Å². The summed E-state index contributed by atoms with van der Waals surface area (Å²) in [5.74, 6) is 4.44. The molecule has 2 aromatic carbocycles. The van der Waals surface area contributed by atoms with Crippen LogP contribution in [-0.2, 0) is 28.6 Å². The summed E-state index contributed by atoms with van der Waals surface area (Å²) in [7, 11) is -8.64. The number of non-ortho nitro benzene ring substituents is 2. The van der Waals surface area contributed by atoms with E-state index in [0.29, 0.717) is 0 Å². The van der Waals surface area contributed by atoms with Crippen LogP contribution in [0.2, 0.25) is 0 Å². The van der Waals surface area contributed by atoms with Crippen molar-refractivity contribution in [3.63, 3.8) is 0 Å². The first-order valence-electron chi connectivity index (χ1n) is 7.76. The molecule has 0 bridgehead atoms. The molecule has 0 aliphatic rings. The van der Waals surface area contributed by atoms with Crippen LogP contribution in [-0.4, -0.2) is 39.9 Å². The molecular weight excluding hydrogens is 444 g/mol. The molecule has 0 saturated heterocycles. The maximum atomic E-state index is 12.0. The van der Waals surface area contributed by atoms with E-state index in [9.17, 15) is 37.1 Å². The molecule has 0 fully saturated rings. The van der Waals surface area contributed by atoms with Gasteiger partial charge in [0.2, 0.25) is 0 Å². The van der Waals surface area contributed by atoms with Gasteiger partial charge >= 0.3 is 0 Å². The van der Waals surface area contributed by atoms with Gasteiger partial charge in [0.15, 0.2) is 0 Å². The van der Waals surface area contributed by atoms with Crippen LogP contribution in [0.4, 0.5) is 11.4 Å². The van der Waals surface area contributed by atoms with Crippen LogP contribution in [0.5, 0.6) is 0 Å². The number of nitrogens with zero attached hydrogens (tertiary/aromatic N) is 2. The largest absolute Gasteiger partial charge is 0.298 e. The average molecular weight is 456 g/mol. The van der Waals surface area contributed by atoms with E-state index in [2.05, 4.69) is 20.2 Å². The molecule has 0 atom stereocenters. The zero-order valence-electron chi connectivity index (χ0n) is 14.8. The average Bonchev–Trinajstić information content (AvgIpc) is 2.70. The van der Waals surface area contributed by atoms with E-state index >= 15 is 0 Å². The van der Waals surface area contributed by atoms with E-state index in [1.807, 2.05) is 0 Å². The molecule has 0 unspecified atom stereocenters. The van der Waals surface area contributed by atoms with Crippen LogP contribution < -0.4 is 0 Å². The highest BCUT2D eigenvalue weighted by Gasteiger charge is 2.19. The van der Waals surface area contributed by atoms with E-state index in [-0.39, 0.29) is 0 Å². The van der Waals surface area contributed by atoms with E-state index in [4.69, 9.17) is 0 Å². The second-order valence-corrected chi connectivity index (χ2v) is 8.53. The Morgan fingerprint density at radius 2 is 1.10 bits per heavy atom. The monoisotopic (exact) mass is 456 g/mol. The number of rotatable bonds is 8. The van der Waals surface area contributed by atoms with Crippen molar-refractivity contribution >= 4 is 31.6 Å². The maximum absolute atomic E-state index is 12.0. The minimum Gasteiger partial charge on any atom is -0.258 e. The standard InChI is InChI=1S/C16H12N2O10S2/c19-17(20)13-5-3-7-15(11-13)29(23,24)27-9-1-2-10-28-30(25,26)16-8-4-6-14(12-16)18(21)22/h3-8,11-12H,9-10H2. The molecule has 12 nitrogen and oxygen atoms in total. The zero-order chi connectivity index (χ0) is 22.4. The zero-order valence-corrected chi connectivity index (χ0v) is 16.5. The highest BCUT2D eigenvalue weighted by atomic mass is 32.2. The molecule has 2 aromatic rings. The summed E-state index contributed by atoms with van der Waals surface area (Å²) in [4.78, 5) is 19.0. The van der Waals surface area contributed by atoms with E-state index in [0.717, 1.165) is 36.4 Å². The minimum atomic E-state index is -4.32. The highest BCUT2D eigenvalue weighted by molar-refractivity contribution is 7.87. The Bertz CT molecular complexity index is 1150. The van der Waals surface area contributed by atoms with Gasteiger partial charge in [0.05, 0.1) is 9.85 Å². The van der Waals surface area contributed by atoms with Crippen molar-refractivity contribution in [3.05, 3.63) is 68.8 Å². The second kappa shape index (κ2) is 9.41. The van der Waals surface area contributed by atoms with Crippen LogP contribution in [0, 0.1) is 32.1 Å². The fourth-order valence-electron chi connectivity index (χ4n) is 1.96. The molecule has 0 aliphatic heterocycles. The predicted octanol–water partition coefficient (Wildman–Crippen LogP) is 1.62. The van der Waals surface area contributed by atoms with Crippen LogP contribution in [0.3, 0.4) is 0 Å². The number of benzene rings is 2. The van der Waals surface area contributed by atoms with Gasteiger partial charge in [0.1, 0.15) is 23.0 Å². The van der Waals surface area contributed by atoms with Gasteiger partial charge in [-0.1, -0.05) is 24.0 Å². The molecule has 158 valence electrons. The fraction of sp³-hybridized carbons (Fsp3) is 0.125. The summed E-state index contributed by atoms with van der Waals surface area (Å²) < 4.78 is 57.1. The lowest BCUT2D eigenvalue weighted by Crippen LogP contribution is -2.08. The molecule has 0 amide bonds.